The number of nitrogens with zero attached hydrogens (tertiary/aromatic N) is 2. The topological polar surface area (TPSA) is 80.0 Å². The van der Waals surface area contributed by atoms with Gasteiger partial charge in [0.1, 0.15) is 5.76 Å². The van der Waals surface area contributed by atoms with Gasteiger partial charge in [0, 0.05) is 17.6 Å². The fourth-order valence-corrected chi connectivity index (χ4v) is 4.47. The van der Waals surface area contributed by atoms with Gasteiger partial charge in [0.15, 0.2) is 5.17 Å². The number of thioether (sulfide) groups is 1. The Kier molecular flexibility index (Phi) is 5.03. The van der Waals surface area contributed by atoms with Crippen LogP contribution in [0.2, 0.25) is 5.02 Å². The molecule has 6 nitrogen and oxygen atoms in total. The minimum Gasteiger partial charge on any atom is -0.465 e. The van der Waals surface area contributed by atoms with Crippen LogP contribution >= 0.6 is 23.4 Å². The van der Waals surface area contributed by atoms with E-state index < -0.39 is 10.0 Å². The lowest BCUT2D eigenvalue weighted by Crippen LogP contribution is -2.29. The Morgan fingerprint density at radius 2 is 2.00 bits per heavy atom. The van der Waals surface area contributed by atoms with Crippen LogP contribution in [0.5, 0.6) is 0 Å². The number of carbonyl (C=O) groups excluding carboxylic acids is 1. The van der Waals surface area contributed by atoms with Gasteiger partial charge in [-0.3, -0.25) is 9.69 Å². The van der Waals surface area contributed by atoms with Gasteiger partial charge in [0.25, 0.3) is 15.9 Å². The molecule has 0 unspecified atom stereocenters. The number of halogens is 1. The molecule has 1 aliphatic heterocycles. The number of rotatable bonds is 4. The van der Waals surface area contributed by atoms with Crippen LogP contribution in [0, 0.1) is 0 Å². The summed E-state index contributed by atoms with van der Waals surface area (Å²) in [6.45, 7) is 2.05. The molecule has 130 valence electrons. The molecule has 2 heterocycles. The van der Waals surface area contributed by atoms with Gasteiger partial charge >= 0.3 is 0 Å². The van der Waals surface area contributed by atoms with Gasteiger partial charge in [-0.2, -0.15) is 8.42 Å². The Balaban J connectivity index is 1.96. The van der Waals surface area contributed by atoms with Crippen molar-refractivity contribution in [2.75, 3.05) is 6.54 Å². The standard InChI is InChI=1S/C16H13ClN2O4S2/c1-2-19-15(20)14(10-12-4-3-9-23-12)24-16(19)18-25(21,22)13-7-5-11(17)6-8-13/h3-10H,2H2,1H3/b14-10-,18-16+. The zero-order valence-corrected chi connectivity index (χ0v) is 15.4. The van der Waals surface area contributed by atoms with Crippen LogP contribution in [0.1, 0.15) is 12.7 Å². The first-order chi connectivity index (χ1) is 11.9. The quantitative estimate of drug-likeness (QED) is 0.737. The third-order valence-electron chi connectivity index (χ3n) is 3.33. The van der Waals surface area contributed by atoms with E-state index in [0.717, 1.165) is 11.8 Å². The van der Waals surface area contributed by atoms with Crippen LogP contribution < -0.4 is 0 Å². The zero-order chi connectivity index (χ0) is 18.0. The highest BCUT2D eigenvalue weighted by molar-refractivity contribution is 8.19. The van der Waals surface area contributed by atoms with E-state index >= 15 is 0 Å². The third kappa shape index (κ3) is 3.81. The lowest BCUT2D eigenvalue weighted by molar-refractivity contribution is -0.122. The predicted molar refractivity (Wildman–Crippen MR) is 97.7 cm³/mol. The van der Waals surface area contributed by atoms with E-state index in [1.54, 1.807) is 25.1 Å². The fourth-order valence-electron chi connectivity index (χ4n) is 2.12. The van der Waals surface area contributed by atoms with Crippen molar-refractivity contribution in [3.63, 3.8) is 0 Å². The van der Waals surface area contributed by atoms with Crippen LogP contribution in [0.3, 0.4) is 0 Å². The molecule has 2 aromatic rings. The first-order valence-corrected chi connectivity index (χ1v) is 9.89. The second-order valence-electron chi connectivity index (χ2n) is 4.98. The summed E-state index contributed by atoms with van der Waals surface area (Å²) in [5.41, 5.74) is 0. The van der Waals surface area contributed by atoms with Crippen molar-refractivity contribution in [2.24, 2.45) is 4.40 Å². The molecule has 0 bridgehead atoms. The number of hydrogen-bond acceptors (Lipinski definition) is 5. The van der Waals surface area contributed by atoms with Gasteiger partial charge < -0.3 is 4.42 Å². The second kappa shape index (κ2) is 7.07. The van der Waals surface area contributed by atoms with Crippen LogP contribution in [0.4, 0.5) is 0 Å². The number of hydrogen-bond donors (Lipinski definition) is 0. The van der Waals surface area contributed by atoms with Crippen molar-refractivity contribution in [1.82, 2.24) is 4.90 Å². The maximum absolute atomic E-state index is 12.5. The fraction of sp³-hybridized carbons (Fsp3) is 0.125. The normalized spacial score (nSPS) is 18.5. The molecule has 0 N–H and O–H groups in total. The molecule has 9 heteroatoms. The van der Waals surface area contributed by atoms with Gasteiger partial charge in [-0.05, 0) is 55.1 Å². The number of amides is 1. The molecule has 1 amide bonds. The monoisotopic (exact) mass is 396 g/mol. The van der Waals surface area contributed by atoms with E-state index in [9.17, 15) is 13.2 Å². The highest BCUT2D eigenvalue weighted by Gasteiger charge is 2.34. The first-order valence-electron chi connectivity index (χ1n) is 7.26. The summed E-state index contributed by atoms with van der Waals surface area (Å²) in [6.07, 6.45) is 3.06. The second-order valence-corrected chi connectivity index (χ2v) is 8.03. The molecular formula is C16H13ClN2O4S2. The van der Waals surface area contributed by atoms with Crippen LogP contribution in [0.25, 0.3) is 6.08 Å². The van der Waals surface area contributed by atoms with Crippen molar-refractivity contribution in [1.29, 1.82) is 0 Å². The van der Waals surface area contributed by atoms with E-state index in [1.165, 1.54) is 35.4 Å². The lowest BCUT2D eigenvalue weighted by atomic mass is 10.3. The maximum Gasteiger partial charge on any atom is 0.284 e. The van der Waals surface area contributed by atoms with Crippen molar-refractivity contribution < 1.29 is 17.6 Å². The zero-order valence-electron chi connectivity index (χ0n) is 13.0. The number of benzene rings is 1. The molecule has 0 atom stereocenters. The number of furan rings is 1. The summed E-state index contributed by atoms with van der Waals surface area (Å²) in [7, 11) is -3.95. The predicted octanol–water partition coefficient (Wildman–Crippen LogP) is 3.61. The Hall–Kier alpha value is -2.03. The summed E-state index contributed by atoms with van der Waals surface area (Å²) in [5.74, 6) is 0.197. The van der Waals surface area contributed by atoms with E-state index in [0.29, 0.717) is 22.2 Å². The number of likely N-dealkylation sites (N-methyl/N-ethyl adjacent to an activating group) is 1. The summed E-state index contributed by atoms with van der Waals surface area (Å²) in [6, 6.07) is 9.10. The summed E-state index contributed by atoms with van der Waals surface area (Å²) in [5, 5.41) is 0.538. The summed E-state index contributed by atoms with van der Waals surface area (Å²) >= 11 is 6.78. The smallest absolute Gasteiger partial charge is 0.284 e. The molecule has 1 aromatic heterocycles. The molecule has 0 radical (unpaired) electrons. The SMILES string of the molecule is CCN1C(=O)/C(=C/c2ccco2)S/C1=N/S(=O)(=O)c1ccc(Cl)cc1. The molecule has 25 heavy (non-hydrogen) atoms. The van der Waals surface area contributed by atoms with Gasteiger partial charge in [-0.1, -0.05) is 11.6 Å². The van der Waals surface area contributed by atoms with E-state index in [2.05, 4.69) is 4.40 Å². The van der Waals surface area contributed by atoms with Crippen LogP contribution in [-0.4, -0.2) is 30.9 Å². The highest BCUT2D eigenvalue weighted by atomic mass is 35.5. The minimum atomic E-state index is -3.95. The average molecular weight is 397 g/mol. The summed E-state index contributed by atoms with van der Waals surface area (Å²) < 4.78 is 34.0. The molecule has 1 aromatic carbocycles. The van der Waals surface area contributed by atoms with Gasteiger partial charge in [0.2, 0.25) is 0 Å². The average Bonchev–Trinajstić information content (AvgIpc) is 3.17. The maximum atomic E-state index is 12.5. The Labute approximate surface area is 154 Å². The third-order valence-corrected chi connectivity index (χ3v) is 5.99. The first kappa shape index (κ1) is 17.8. The summed E-state index contributed by atoms with van der Waals surface area (Å²) in [4.78, 5) is 14.1. The largest absolute Gasteiger partial charge is 0.465 e. The van der Waals surface area contributed by atoms with Gasteiger partial charge in [-0.15, -0.1) is 4.40 Å². The number of amidine groups is 1. The molecule has 1 saturated heterocycles. The van der Waals surface area contributed by atoms with Crippen LogP contribution in [-0.2, 0) is 14.8 Å². The lowest BCUT2D eigenvalue weighted by Gasteiger charge is -2.11. The van der Waals surface area contributed by atoms with Crippen molar-refractivity contribution in [2.45, 2.75) is 11.8 Å². The minimum absolute atomic E-state index is 0.0111. The number of sulfonamides is 1. The molecular weight excluding hydrogens is 384 g/mol. The van der Waals surface area contributed by atoms with Gasteiger partial charge in [0.05, 0.1) is 16.1 Å². The highest BCUT2D eigenvalue weighted by Crippen LogP contribution is 2.33. The molecule has 3 rings (SSSR count). The van der Waals surface area contributed by atoms with E-state index in [1.807, 2.05) is 0 Å². The Bertz CT molecular complexity index is 949. The molecule has 0 aliphatic carbocycles. The Morgan fingerprint density at radius 1 is 1.28 bits per heavy atom. The van der Waals surface area contributed by atoms with Crippen molar-refractivity contribution in [3.8, 4) is 0 Å². The molecule has 0 spiro atoms. The van der Waals surface area contributed by atoms with Crippen LogP contribution in [0.15, 0.2) is 61.3 Å². The van der Waals surface area contributed by atoms with E-state index in [-0.39, 0.29) is 16.0 Å². The number of carbonyl (C=O) groups is 1. The van der Waals surface area contributed by atoms with E-state index in [4.69, 9.17) is 16.0 Å². The molecule has 1 fully saturated rings. The Morgan fingerprint density at radius 3 is 2.60 bits per heavy atom. The van der Waals surface area contributed by atoms with Crippen molar-refractivity contribution >= 4 is 50.5 Å². The van der Waals surface area contributed by atoms with Gasteiger partial charge in [-0.25, -0.2) is 0 Å². The van der Waals surface area contributed by atoms with Crippen molar-refractivity contribution in [3.05, 3.63) is 58.3 Å². The molecule has 1 aliphatic rings. The molecule has 0 saturated carbocycles.